The number of hydrogen-bond donors (Lipinski definition) is 0. The number of hydrogen-bond acceptors (Lipinski definition) is 1. The van der Waals surface area contributed by atoms with E-state index in [0.717, 1.165) is 17.3 Å². The fourth-order valence-corrected chi connectivity index (χ4v) is 2.08. The molecule has 20 heavy (non-hydrogen) atoms. The van der Waals surface area contributed by atoms with E-state index < -0.39 is 11.6 Å². The molecule has 0 aliphatic carbocycles. The zero-order valence-electron chi connectivity index (χ0n) is 10.6. The molecular formula is C17H11F2N. The van der Waals surface area contributed by atoms with E-state index in [0.29, 0.717) is 11.1 Å². The first-order valence-electron chi connectivity index (χ1n) is 6.21. The third-order valence-electron chi connectivity index (χ3n) is 3.09. The molecule has 3 aromatic rings. The number of aromatic nitrogens is 1. The van der Waals surface area contributed by atoms with Crippen LogP contribution in [-0.4, -0.2) is 4.98 Å². The van der Waals surface area contributed by atoms with Gasteiger partial charge < -0.3 is 0 Å². The van der Waals surface area contributed by atoms with Gasteiger partial charge in [0.1, 0.15) is 11.6 Å². The summed E-state index contributed by atoms with van der Waals surface area (Å²) in [7, 11) is 0. The van der Waals surface area contributed by atoms with Gasteiger partial charge in [-0.25, -0.2) is 8.78 Å². The van der Waals surface area contributed by atoms with Crippen molar-refractivity contribution in [1.82, 2.24) is 4.98 Å². The molecule has 0 N–H and O–H groups in total. The molecule has 1 heterocycles. The molecule has 0 aliphatic rings. The number of benzene rings is 2. The van der Waals surface area contributed by atoms with E-state index in [1.54, 1.807) is 18.3 Å². The van der Waals surface area contributed by atoms with Crippen molar-refractivity contribution in [1.29, 1.82) is 0 Å². The first-order chi connectivity index (χ1) is 9.74. The molecule has 0 saturated carbocycles. The lowest BCUT2D eigenvalue weighted by molar-refractivity contribution is 0.585. The summed E-state index contributed by atoms with van der Waals surface area (Å²) in [5, 5.41) is 0. The second kappa shape index (κ2) is 5.21. The number of rotatable bonds is 2. The van der Waals surface area contributed by atoms with Gasteiger partial charge in [-0.15, -0.1) is 0 Å². The van der Waals surface area contributed by atoms with Gasteiger partial charge in [0.2, 0.25) is 0 Å². The van der Waals surface area contributed by atoms with Crippen molar-refractivity contribution in [3.05, 3.63) is 78.5 Å². The van der Waals surface area contributed by atoms with Crippen molar-refractivity contribution in [2.45, 2.75) is 0 Å². The second-order valence-electron chi connectivity index (χ2n) is 4.42. The highest BCUT2D eigenvalue weighted by molar-refractivity contribution is 5.69. The van der Waals surface area contributed by atoms with Crippen LogP contribution in [0.25, 0.3) is 22.4 Å². The van der Waals surface area contributed by atoms with Gasteiger partial charge in [0.25, 0.3) is 0 Å². The van der Waals surface area contributed by atoms with Crippen molar-refractivity contribution < 1.29 is 8.78 Å². The highest BCUT2D eigenvalue weighted by Gasteiger charge is 2.06. The molecule has 0 fully saturated rings. The van der Waals surface area contributed by atoms with E-state index >= 15 is 0 Å². The van der Waals surface area contributed by atoms with Gasteiger partial charge >= 0.3 is 0 Å². The van der Waals surface area contributed by atoms with Crippen LogP contribution >= 0.6 is 0 Å². The van der Waals surface area contributed by atoms with E-state index in [1.807, 2.05) is 30.3 Å². The summed E-state index contributed by atoms with van der Waals surface area (Å²) in [5.74, 6) is -1.13. The normalized spacial score (nSPS) is 10.5. The van der Waals surface area contributed by atoms with Crippen LogP contribution < -0.4 is 0 Å². The lowest BCUT2D eigenvalue weighted by Gasteiger charge is -2.05. The van der Waals surface area contributed by atoms with Gasteiger partial charge in [-0.2, -0.15) is 0 Å². The highest BCUT2D eigenvalue weighted by Crippen LogP contribution is 2.26. The maximum Gasteiger partial charge on any atom is 0.133 e. The Morgan fingerprint density at radius 1 is 0.750 bits per heavy atom. The SMILES string of the molecule is Fc1ccc(-c2ccc(-c3ccccn3)cc2)c(F)c1. The van der Waals surface area contributed by atoms with E-state index in [-0.39, 0.29) is 0 Å². The Labute approximate surface area is 115 Å². The Morgan fingerprint density at radius 2 is 1.50 bits per heavy atom. The van der Waals surface area contributed by atoms with Gasteiger partial charge in [0.05, 0.1) is 5.69 Å². The van der Waals surface area contributed by atoms with Crippen LogP contribution in [0.5, 0.6) is 0 Å². The Hall–Kier alpha value is -2.55. The zero-order valence-corrected chi connectivity index (χ0v) is 10.6. The summed E-state index contributed by atoms with van der Waals surface area (Å²) in [6, 6.07) is 16.6. The first kappa shape index (κ1) is 12.5. The molecule has 0 bridgehead atoms. The maximum atomic E-state index is 13.7. The molecule has 2 aromatic carbocycles. The Morgan fingerprint density at radius 3 is 2.15 bits per heavy atom. The fourth-order valence-electron chi connectivity index (χ4n) is 2.08. The summed E-state index contributed by atoms with van der Waals surface area (Å²) in [4.78, 5) is 4.26. The zero-order chi connectivity index (χ0) is 13.9. The van der Waals surface area contributed by atoms with Gasteiger partial charge in [-0.3, -0.25) is 4.98 Å². The predicted molar refractivity (Wildman–Crippen MR) is 75.0 cm³/mol. The van der Waals surface area contributed by atoms with Crippen molar-refractivity contribution in [2.75, 3.05) is 0 Å². The van der Waals surface area contributed by atoms with Gasteiger partial charge in [-0.1, -0.05) is 30.3 Å². The molecule has 0 aliphatic heterocycles. The van der Waals surface area contributed by atoms with Crippen LogP contribution in [-0.2, 0) is 0 Å². The van der Waals surface area contributed by atoms with Crippen LogP contribution in [0.3, 0.4) is 0 Å². The number of nitrogens with zero attached hydrogens (tertiary/aromatic N) is 1. The lowest BCUT2D eigenvalue weighted by atomic mass is 10.0. The molecule has 1 aromatic heterocycles. The van der Waals surface area contributed by atoms with Crippen LogP contribution in [0, 0.1) is 11.6 Å². The van der Waals surface area contributed by atoms with Crippen molar-refractivity contribution >= 4 is 0 Å². The third-order valence-corrected chi connectivity index (χ3v) is 3.09. The summed E-state index contributed by atoms with van der Waals surface area (Å²) in [5.41, 5.74) is 2.91. The molecular weight excluding hydrogens is 256 g/mol. The van der Waals surface area contributed by atoms with Crippen LogP contribution in [0.4, 0.5) is 8.78 Å². The average Bonchev–Trinajstić information content (AvgIpc) is 2.48. The molecule has 3 rings (SSSR count). The summed E-state index contributed by atoms with van der Waals surface area (Å²) >= 11 is 0. The molecule has 0 unspecified atom stereocenters. The molecule has 0 spiro atoms. The van der Waals surface area contributed by atoms with E-state index in [4.69, 9.17) is 0 Å². The van der Waals surface area contributed by atoms with Crippen LogP contribution in [0.15, 0.2) is 66.9 Å². The molecule has 0 amide bonds. The van der Waals surface area contributed by atoms with Gasteiger partial charge in [0, 0.05) is 23.4 Å². The summed E-state index contributed by atoms with van der Waals surface area (Å²) in [6.45, 7) is 0. The minimum atomic E-state index is -0.573. The quantitative estimate of drug-likeness (QED) is 0.656. The van der Waals surface area contributed by atoms with Gasteiger partial charge in [-0.05, 0) is 29.8 Å². The first-order valence-corrected chi connectivity index (χ1v) is 6.21. The minimum Gasteiger partial charge on any atom is -0.256 e. The molecule has 0 radical (unpaired) electrons. The third kappa shape index (κ3) is 2.43. The highest BCUT2D eigenvalue weighted by atomic mass is 19.1. The topological polar surface area (TPSA) is 12.9 Å². The molecule has 98 valence electrons. The molecule has 0 saturated heterocycles. The maximum absolute atomic E-state index is 13.7. The van der Waals surface area contributed by atoms with Crippen molar-refractivity contribution in [3.63, 3.8) is 0 Å². The average molecular weight is 267 g/mol. The predicted octanol–water partition coefficient (Wildman–Crippen LogP) is 4.69. The Kier molecular flexibility index (Phi) is 3.25. The van der Waals surface area contributed by atoms with Crippen LogP contribution in [0.2, 0.25) is 0 Å². The van der Waals surface area contributed by atoms with Crippen LogP contribution in [0.1, 0.15) is 0 Å². The molecule has 1 nitrogen and oxygen atoms in total. The molecule has 3 heteroatoms. The Balaban J connectivity index is 1.97. The van der Waals surface area contributed by atoms with Gasteiger partial charge in [0.15, 0.2) is 0 Å². The molecule has 0 atom stereocenters. The fraction of sp³-hybridized carbons (Fsp3) is 0. The standard InChI is InChI=1S/C17H11F2N/c18-14-8-9-15(16(19)11-14)12-4-6-13(7-5-12)17-3-1-2-10-20-17/h1-11H. The van der Waals surface area contributed by atoms with E-state index in [9.17, 15) is 8.78 Å². The number of halogens is 2. The van der Waals surface area contributed by atoms with E-state index in [1.165, 1.54) is 12.1 Å². The van der Waals surface area contributed by atoms with E-state index in [2.05, 4.69) is 4.98 Å². The summed E-state index contributed by atoms with van der Waals surface area (Å²) < 4.78 is 26.6. The number of pyridine rings is 1. The van der Waals surface area contributed by atoms with Crippen molar-refractivity contribution in [3.8, 4) is 22.4 Å². The monoisotopic (exact) mass is 267 g/mol. The second-order valence-corrected chi connectivity index (χ2v) is 4.42. The Bertz CT molecular complexity index is 722. The van der Waals surface area contributed by atoms with Crippen molar-refractivity contribution in [2.24, 2.45) is 0 Å². The summed E-state index contributed by atoms with van der Waals surface area (Å²) in [6.07, 6.45) is 1.73. The largest absolute Gasteiger partial charge is 0.256 e. The minimum absolute atomic E-state index is 0.388. The smallest absolute Gasteiger partial charge is 0.133 e. The lowest BCUT2D eigenvalue weighted by Crippen LogP contribution is -1.87.